The number of ether oxygens (including phenoxy) is 1. The molecule has 1 spiro atoms. The summed E-state index contributed by atoms with van der Waals surface area (Å²) < 4.78 is 7.06. The van der Waals surface area contributed by atoms with Crippen LogP contribution < -0.4 is 0 Å². The van der Waals surface area contributed by atoms with E-state index in [9.17, 15) is 15.0 Å². The first-order valence-electron chi connectivity index (χ1n) is 18.9. The van der Waals surface area contributed by atoms with Gasteiger partial charge in [0, 0.05) is 17.8 Å². The number of carboxylic acids is 1. The van der Waals surface area contributed by atoms with Crippen molar-refractivity contribution in [1.29, 1.82) is 0 Å². The van der Waals surface area contributed by atoms with E-state index in [0.717, 1.165) is 44.9 Å². The Kier molecular flexibility index (Phi) is 6.60. The van der Waals surface area contributed by atoms with Crippen molar-refractivity contribution in [1.82, 2.24) is 0 Å². The van der Waals surface area contributed by atoms with Gasteiger partial charge in [0.05, 0.1) is 11.5 Å². The summed E-state index contributed by atoms with van der Waals surface area (Å²) in [7, 11) is 0. The minimum absolute atomic E-state index is 0.0213. The number of aliphatic carboxylic acids is 1. The molecule has 0 radical (unpaired) electrons. The number of carboxylic acid groups (broad SMARTS) is 1. The fourth-order valence-corrected chi connectivity index (χ4v) is 15.5. The predicted octanol–water partition coefficient (Wildman–Crippen LogP) is 9.29. The second kappa shape index (κ2) is 9.61. The first-order chi connectivity index (χ1) is 21.2. The Morgan fingerprint density at radius 2 is 1.60 bits per heavy atom. The third kappa shape index (κ3) is 3.71. The molecule has 7 fully saturated rings. The van der Waals surface area contributed by atoms with Gasteiger partial charge in [-0.1, -0.05) is 71.4 Å². The lowest BCUT2D eigenvalue weighted by Crippen LogP contribution is -2.73. The largest absolute Gasteiger partial charge is 0.481 e. The lowest BCUT2D eigenvalue weighted by atomic mass is 9.26. The van der Waals surface area contributed by atoms with E-state index < -0.39 is 17.2 Å². The van der Waals surface area contributed by atoms with Gasteiger partial charge >= 0.3 is 5.97 Å². The van der Waals surface area contributed by atoms with Crippen LogP contribution in [0.3, 0.4) is 0 Å². The minimum Gasteiger partial charge on any atom is -0.481 e. The van der Waals surface area contributed by atoms with Gasteiger partial charge in [-0.2, -0.15) is 0 Å². The van der Waals surface area contributed by atoms with Crippen LogP contribution in [0.2, 0.25) is 0 Å². The number of rotatable bonds is 5. The first-order valence-corrected chi connectivity index (χ1v) is 18.9. The van der Waals surface area contributed by atoms with E-state index in [0.29, 0.717) is 29.6 Å². The smallest absolute Gasteiger partial charge is 0.309 e. The fourth-order valence-electron chi connectivity index (χ4n) is 15.5. The second-order valence-corrected chi connectivity index (χ2v) is 19.1. The molecule has 1 heterocycles. The summed E-state index contributed by atoms with van der Waals surface area (Å²) in [4.78, 5) is 12.7. The number of hydrogen-bond acceptors (Lipinski definition) is 3. The third-order valence-corrected chi connectivity index (χ3v) is 17.6. The Morgan fingerprint density at radius 3 is 2.31 bits per heavy atom. The molecule has 1 aliphatic heterocycles. The first kappa shape index (κ1) is 30.9. The van der Waals surface area contributed by atoms with E-state index in [1.165, 1.54) is 50.5 Å². The average Bonchev–Trinajstić information content (AvgIpc) is 3.13. The van der Waals surface area contributed by atoms with E-state index in [1.807, 2.05) is 0 Å². The molecule has 248 valence electrons. The van der Waals surface area contributed by atoms with Crippen molar-refractivity contribution in [2.75, 3.05) is 0 Å². The summed E-state index contributed by atoms with van der Waals surface area (Å²) >= 11 is 0. The monoisotopic (exact) mass is 616 g/mol. The van der Waals surface area contributed by atoms with Crippen LogP contribution in [-0.4, -0.2) is 28.1 Å². The van der Waals surface area contributed by atoms with Crippen LogP contribution in [-0.2, 0) is 16.0 Å². The van der Waals surface area contributed by atoms with E-state index in [1.54, 1.807) is 0 Å². The molecule has 1 aromatic carbocycles. The number of fused-ring (bicyclic) bond motifs is 5. The lowest BCUT2D eigenvalue weighted by molar-refractivity contribution is -0.311. The van der Waals surface area contributed by atoms with Crippen LogP contribution in [0.1, 0.15) is 131 Å². The zero-order valence-electron chi connectivity index (χ0n) is 29.0. The minimum atomic E-state index is -0.990. The highest BCUT2D eigenvalue weighted by Crippen LogP contribution is 2.83. The SMILES string of the molecule is CCCC1C2(O)CC3CCC4CC5(C)C6CC(C)(C(=O)O)CCC6(C)CCC5(C)C5CCC1(C(Cc1ccccc1)O2)C3C45C. The molecule has 6 aliphatic carbocycles. The van der Waals surface area contributed by atoms with Gasteiger partial charge in [0.25, 0.3) is 0 Å². The number of benzene rings is 1. The summed E-state index contributed by atoms with van der Waals surface area (Å²) in [6.07, 6.45) is 15.3. The number of aliphatic hydroxyl groups is 1. The van der Waals surface area contributed by atoms with E-state index in [4.69, 9.17) is 4.74 Å². The fraction of sp³-hybridized carbons (Fsp3) is 0.829. The van der Waals surface area contributed by atoms with Crippen LogP contribution >= 0.6 is 0 Å². The lowest BCUT2D eigenvalue weighted by Gasteiger charge is -2.78. The average molecular weight is 617 g/mol. The van der Waals surface area contributed by atoms with Crippen molar-refractivity contribution in [3.63, 3.8) is 0 Å². The Balaban J connectivity index is 1.24. The van der Waals surface area contributed by atoms with Crippen molar-refractivity contribution in [2.45, 2.75) is 143 Å². The molecule has 1 saturated heterocycles. The van der Waals surface area contributed by atoms with Gasteiger partial charge in [-0.3, -0.25) is 4.79 Å². The maximum atomic E-state index is 12.7. The van der Waals surface area contributed by atoms with Gasteiger partial charge in [-0.25, -0.2) is 0 Å². The topological polar surface area (TPSA) is 66.8 Å². The summed E-state index contributed by atoms with van der Waals surface area (Å²) in [6.45, 7) is 15.0. The van der Waals surface area contributed by atoms with Crippen LogP contribution in [0.15, 0.2) is 30.3 Å². The molecule has 7 aliphatic rings. The van der Waals surface area contributed by atoms with Gasteiger partial charge in [-0.15, -0.1) is 0 Å². The van der Waals surface area contributed by atoms with Crippen molar-refractivity contribution in [3.05, 3.63) is 35.9 Å². The molecule has 4 nitrogen and oxygen atoms in total. The van der Waals surface area contributed by atoms with Crippen molar-refractivity contribution >= 4 is 5.97 Å². The molecule has 2 N–H and O–H groups in total. The Hall–Kier alpha value is -1.39. The third-order valence-electron chi connectivity index (χ3n) is 17.6. The van der Waals surface area contributed by atoms with E-state index in [-0.39, 0.29) is 39.1 Å². The number of hydrogen-bond donors (Lipinski definition) is 2. The quantitative estimate of drug-likeness (QED) is 0.346. The van der Waals surface area contributed by atoms with Crippen LogP contribution in [0.4, 0.5) is 0 Å². The van der Waals surface area contributed by atoms with Gasteiger partial charge in [0.2, 0.25) is 0 Å². The van der Waals surface area contributed by atoms with Crippen LogP contribution in [0.25, 0.3) is 0 Å². The molecule has 4 heteroatoms. The summed E-state index contributed by atoms with van der Waals surface area (Å²) in [5.74, 6) is 1.51. The Morgan fingerprint density at radius 1 is 0.867 bits per heavy atom. The molecule has 14 atom stereocenters. The standard InChI is InChI=1S/C41H60O4/c1-7-11-30-40-17-16-29-37(4)21-20-35(2)18-19-36(3,34(42)43)25-31(35)38(37,5)24-28-15-14-27(33(40)39(28,29)6)23-41(30,44)45-32(40)22-26-12-9-8-10-13-26/h8-10,12-13,27-33,44H,7,11,14-25H2,1-6H3,(H,42,43). The summed E-state index contributed by atoms with van der Waals surface area (Å²) in [5.41, 5.74) is 1.58. The highest BCUT2D eigenvalue weighted by atomic mass is 16.6. The molecule has 14 unspecified atom stereocenters. The maximum absolute atomic E-state index is 12.7. The van der Waals surface area contributed by atoms with Crippen LogP contribution in [0, 0.1) is 68.0 Å². The molecule has 45 heavy (non-hydrogen) atoms. The van der Waals surface area contributed by atoms with Crippen molar-refractivity contribution in [3.8, 4) is 0 Å². The molecule has 2 bridgehead atoms. The maximum Gasteiger partial charge on any atom is 0.309 e. The molecular formula is C41H60O4. The predicted molar refractivity (Wildman–Crippen MR) is 177 cm³/mol. The molecule has 1 aromatic rings. The Bertz CT molecular complexity index is 1360. The highest BCUT2D eigenvalue weighted by molar-refractivity contribution is 5.74. The molecule has 6 saturated carbocycles. The van der Waals surface area contributed by atoms with Crippen LogP contribution in [0.5, 0.6) is 0 Å². The molecule has 8 rings (SSSR count). The van der Waals surface area contributed by atoms with E-state index in [2.05, 4.69) is 71.9 Å². The normalized spacial score (nSPS) is 56.1. The second-order valence-electron chi connectivity index (χ2n) is 19.1. The highest BCUT2D eigenvalue weighted by Gasteiger charge is 2.80. The summed E-state index contributed by atoms with van der Waals surface area (Å²) in [6, 6.07) is 10.9. The van der Waals surface area contributed by atoms with Crippen molar-refractivity contribution in [2.24, 2.45) is 68.0 Å². The molecule has 0 amide bonds. The van der Waals surface area contributed by atoms with E-state index >= 15 is 0 Å². The van der Waals surface area contributed by atoms with Gasteiger partial charge in [0.15, 0.2) is 5.79 Å². The zero-order chi connectivity index (χ0) is 31.8. The zero-order valence-corrected chi connectivity index (χ0v) is 29.0. The van der Waals surface area contributed by atoms with Gasteiger partial charge < -0.3 is 14.9 Å². The molecule has 0 aromatic heterocycles. The van der Waals surface area contributed by atoms with Crippen molar-refractivity contribution < 1.29 is 19.7 Å². The summed E-state index contributed by atoms with van der Waals surface area (Å²) in [5, 5.41) is 22.9. The molecular weight excluding hydrogens is 556 g/mol. The van der Waals surface area contributed by atoms with Gasteiger partial charge in [0.1, 0.15) is 0 Å². The Labute approximate surface area is 272 Å². The number of carbonyl (C=O) groups is 1. The van der Waals surface area contributed by atoms with Gasteiger partial charge in [-0.05, 0) is 141 Å².